The average molecular weight is 203 g/mol. The van der Waals surface area contributed by atoms with Gasteiger partial charge in [-0.1, -0.05) is 13.8 Å². The minimum Gasteiger partial charge on any atom is -0.389 e. The largest absolute Gasteiger partial charge is 0.389 e. The maximum atomic E-state index is 9.91. The molecular formula is C10H21NOS. The molecule has 1 rings (SSSR count). The molecule has 1 fully saturated rings. The molecule has 2 nitrogen and oxygen atoms in total. The summed E-state index contributed by atoms with van der Waals surface area (Å²) in [5.41, 5.74) is -0.498. The molecule has 1 heterocycles. The summed E-state index contributed by atoms with van der Waals surface area (Å²) in [5, 5.41) is 10.6. The van der Waals surface area contributed by atoms with Gasteiger partial charge in [0.1, 0.15) is 0 Å². The fourth-order valence-corrected chi connectivity index (χ4v) is 2.71. The summed E-state index contributed by atoms with van der Waals surface area (Å²) in [6.45, 7) is 9.32. The highest BCUT2D eigenvalue weighted by Crippen LogP contribution is 2.20. The van der Waals surface area contributed by atoms with Crippen LogP contribution in [-0.2, 0) is 0 Å². The van der Waals surface area contributed by atoms with Crippen LogP contribution in [0.1, 0.15) is 27.2 Å². The fraction of sp³-hybridized carbons (Fsp3) is 1.00. The Bertz CT molecular complexity index is 161. The van der Waals surface area contributed by atoms with Gasteiger partial charge in [0.25, 0.3) is 0 Å². The quantitative estimate of drug-likeness (QED) is 0.753. The van der Waals surface area contributed by atoms with E-state index in [1.807, 2.05) is 25.6 Å². The maximum absolute atomic E-state index is 9.91. The van der Waals surface area contributed by atoms with Crippen molar-refractivity contribution in [3.8, 4) is 0 Å². The monoisotopic (exact) mass is 203 g/mol. The van der Waals surface area contributed by atoms with Crippen molar-refractivity contribution < 1.29 is 5.11 Å². The van der Waals surface area contributed by atoms with E-state index in [4.69, 9.17) is 0 Å². The fourth-order valence-electron chi connectivity index (χ4n) is 1.63. The summed E-state index contributed by atoms with van der Waals surface area (Å²) in [4.78, 5) is 2.38. The first kappa shape index (κ1) is 11.3. The van der Waals surface area contributed by atoms with Crippen LogP contribution in [0, 0.1) is 0 Å². The Kier molecular flexibility index (Phi) is 4.07. The summed E-state index contributed by atoms with van der Waals surface area (Å²) >= 11 is 2.03. The van der Waals surface area contributed by atoms with Crippen molar-refractivity contribution in [3.63, 3.8) is 0 Å². The second-order valence-electron chi connectivity index (χ2n) is 4.27. The molecular weight excluding hydrogens is 182 g/mol. The molecule has 0 spiro atoms. The summed E-state index contributed by atoms with van der Waals surface area (Å²) in [6, 6.07) is 0. The lowest BCUT2D eigenvalue weighted by Gasteiger charge is -2.35. The number of aliphatic hydroxyl groups is 1. The average Bonchev–Trinajstić information content (AvgIpc) is 2.03. The van der Waals surface area contributed by atoms with Crippen LogP contribution < -0.4 is 0 Å². The summed E-state index contributed by atoms with van der Waals surface area (Å²) < 4.78 is 0. The van der Waals surface area contributed by atoms with Crippen LogP contribution in [0.3, 0.4) is 0 Å². The van der Waals surface area contributed by atoms with E-state index in [0.717, 1.165) is 31.3 Å². The van der Waals surface area contributed by atoms with E-state index in [1.165, 1.54) is 5.75 Å². The van der Waals surface area contributed by atoms with Gasteiger partial charge in [-0.15, -0.1) is 0 Å². The molecule has 0 radical (unpaired) electrons. The van der Waals surface area contributed by atoms with Crippen LogP contribution >= 0.6 is 11.8 Å². The smallest absolute Gasteiger partial charge is 0.0743 e. The molecule has 0 bridgehead atoms. The van der Waals surface area contributed by atoms with Crippen molar-refractivity contribution in [2.75, 3.05) is 25.4 Å². The first-order chi connectivity index (χ1) is 6.03. The Morgan fingerprint density at radius 3 is 2.85 bits per heavy atom. The first-order valence-corrected chi connectivity index (χ1v) is 6.15. The topological polar surface area (TPSA) is 23.5 Å². The number of thioether (sulfide) groups is 1. The molecule has 0 amide bonds. The molecule has 2 atom stereocenters. The molecule has 13 heavy (non-hydrogen) atoms. The van der Waals surface area contributed by atoms with Gasteiger partial charge in [0.05, 0.1) is 5.60 Å². The first-order valence-electron chi connectivity index (χ1n) is 5.10. The van der Waals surface area contributed by atoms with Crippen LogP contribution in [-0.4, -0.2) is 46.2 Å². The molecule has 3 heteroatoms. The van der Waals surface area contributed by atoms with E-state index in [0.29, 0.717) is 0 Å². The lowest BCUT2D eigenvalue weighted by molar-refractivity contribution is 0.0177. The summed E-state index contributed by atoms with van der Waals surface area (Å²) in [6.07, 6.45) is 0.838. The minimum atomic E-state index is -0.498. The van der Waals surface area contributed by atoms with Gasteiger partial charge in [0, 0.05) is 30.6 Å². The molecule has 1 saturated heterocycles. The Morgan fingerprint density at radius 2 is 2.31 bits per heavy atom. The van der Waals surface area contributed by atoms with Crippen LogP contribution in [0.2, 0.25) is 0 Å². The van der Waals surface area contributed by atoms with E-state index >= 15 is 0 Å². The number of nitrogens with zero attached hydrogens (tertiary/aromatic N) is 1. The van der Waals surface area contributed by atoms with Crippen molar-refractivity contribution in [3.05, 3.63) is 0 Å². The van der Waals surface area contributed by atoms with E-state index in [9.17, 15) is 5.11 Å². The highest BCUT2D eigenvalue weighted by atomic mass is 32.2. The Labute approximate surface area is 85.7 Å². The normalized spacial score (nSPS) is 30.0. The third-order valence-electron chi connectivity index (χ3n) is 2.65. The lowest BCUT2D eigenvalue weighted by atomic mass is 10.0. The Hall–Kier alpha value is 0.270. The molecule has 0 aromatic rings. The van der Waals surface area contributed by atoms with Gasteiger partial charge >= 0.3 is 0 Å². The standard InChI is InChI=1S/C10H21NOS/c1-4-10(3,12)8-11-5-6-13-9(2)7-11/h9,12H,4-8H2,1-3H3. The summed E-state index contributed by atoms with van der Waals surface area (Å²) in [5.74, 6) is 1.21. The predicted octanol–water partition coefficient (Wildman–Crippen LogP) is 1.58. The molecule has 0 aromatic heterocycles. The predicted molar refractivity (Wildman–Crippen MR) is 59.3 cm³/mol. The zero-order chi connectivity index (χ0) is 9.90. The number of hydrogen-bond acceptors (Lipinski definition) is 3. The van der Waals surface area contributed by atoms with Crippen LogP contribution in [0.25, 0.3) is 0 Å². The molecule has 0 aliphatic carbocycles. The molecule has 1 aliphatic heterocycles. The molecule has 0 aromatic carbocycles. The van der Waals surface area contributed by atoms with Crippen LogP contribution in [0.15, 0.2) is 0 Å². The van der Waals surface area contributed by atoms with Crippen molar-refractivity contribution in [1.82, 2.24) is 4.90 Å². The maximum Gasteiger partial charge on any atom is 0.0743 e. The van der Waals surface area contributed by atoms with Crippen molar-refractivity contribution >= 4 is 11.8 Å². The van der Waals surface area contributed by atoms with Gasteiger partial charge in [-0.05, 0) is 13.3 Å². The van der Waals surface area contributed by atoms with E-state index in [1.54, 1.807) is 0 Å². The van der Waals surface area contributed by atoms with Crippen molar-refractivity contribution in [2.45, 2.75) is 38.0 Å². The van der Waals surface area contributed by atoms with Gasteiger partial charge in [-0.2, -0.15) is 11.8 Å². The van der Waals surface area contributed by atoms with Crippen LogP contribution in [0.4, 0.5) is 0 Å². The van der Waals surface area contributed by atoms with E-state index in [-0.39, 0.29) is 0 Å². The van der Waals surface area contributed by atoms with Gasteiger partial charge in [-0.25, -0.2) is 0 Å². The van der Waals surface area contributed by atoms with Crippen molar-refractivity contribution in [1.29, 1.82) is 0 Å². The zero-order valence-electron chi connectivity index (χ0n) is 8.92. The Morgan fingerprint density at radius 1 is 1.62 bits per heavy atom. The second-order valence-corrected chi connectivity index (χ2v) is 5.81. The number of hydrogen-bond donors (Lipinski definition) is 1. The van der Waals surface area contributed by atoms with E-state index < -0.39 is 5.60 Å². The van der Waals surface area contributed by atoms with Gasteiger partial charge in [0.15, 0.2) is 0 Å². The second kappa shape index (κ2) is 4.67. The lowest BCUT2D eigenvalue weighted by Crippen LogP contribution is -2.45. The number of rotatable bonds is 3. The molecule has 0 saturated carbocycles. The third kappa shape index (κ3) is 3.88. The third-order valence-corrected chi connectivity index (χ3v) is 3.79. The molecule has 1 aliphatic rings. The van der Waals surface area contributed by atoms with Gasteiger partial charge in [-0.3, -0.25) is 4.90 Å². The van der Waals surface area contributed by atoms with E-state index in [2.05, 4.69) is 11.8 Å². The highest BCUT2D eigenvalue weighted by molar-refractivity contribution is 7.99. The number of β-amino-alcohol motifs (C(OH)–C–C–N with tert-alkyl or cyclic N) is 1. The molecule has 2 unspecified atom stereocenters. The SMILES string of the molecule is CCC(C)(O)CN1CCSC(C)C1. The van der Waals surface area contributed by atoms with Gasteiger partial charge in [0.2, 0.25) is 0 Å². The zero-order valence-corrected chi connectivity index (χ0v) is 9.73. The Balaban J connectivity index is 2.35. The molecule has 1 N–H and O–H groups in total. The minimum absolute atomic E-state index is 0.498. The molecule has 78 valence electrons. The summed E-state index contributed by atoms with van der Waals surface area (Å²) in [7, 11) is 0. The highest BCUT2D eigenvalue weighted by Gasteiger charge is 2.24. The van der Waals surface area contributed by atoms with Crippen molar-refractivity contribution in [2.24, 2.45) is 0 Å². The van der Waals surface area contributed by atoms with Crippen LogP contribution in [0.5, 0.6) is 0 Å². The van der Waals surface area contributed by atoms with Gasteiger partial charge < -0.3 is 5.11 Å².